The van der Waals surface area contributed by atoms with Crippen molar-refractivity contribution < 1.29 is 26.7 Å². The van der Waals surface area contributed by atoms with Crippen molar-refractivity contribution in [2.24, 2.45) is 0 Å². The Bertz CT molecular complexity index is 1410. The first-order valence-electron chi connectivity index (χ1n) is 11.0. The van der Waals surface area contributed by atoms with E-state index in [1.54, 1.807) is 12.1 Å². The molecule has 0 aliphatic rings. The maximum absolute atomic E-state index is 14.4. The van der Waals surface area contributed by atoms with Crippen LogP contribution in [0.25, 0.3) is 10.8 Å². The van der Waals surface area contributed by atoms with Gasteiger partial charge < -0.3 is 4.74 Å². The van der Waals surface area contributed by atoms with Gasteiger partial charge in [0.15, 0.2) is 17.5 Å². The number of hydrogen-bond donors (Lipinski definition) is 0. The Morgan fingerprint density at radius 1 is 0.629 bits per heavy atom. The topological polar surface area (TPSA) is 9.23 Å². The standard InChI is InChI=1S/C29H21F5O/c1-35-13-12-21-15-25(30)24(26(31)16-21)11-8-19-4-2-18(3-5-19)6-7-20-9-10-23-22(14-20)17-27(32)29(34)28(23)33/h2-5,9-10,14-17H,8,11-13H2,1H3. The van der Waals surface area contributed by atoms with E-state index in [9.17, 15) is 22.0 Å². The van der Waals surface area contributed by atoms with E-state index in [0.29, 0.717) is 36.1 Å². The van der Waals surface area contributed by atoms with Crippen molar-refractivity contribution in [1.82, 2.24) is 0 Å². The van der Waals surface area contributed by atoms with Crippen LogP contribution in [0.2, 0.25) is 0 Å². The van der Waals surface area contributed by atoms with Crippen LogP contribution in [0.15, 0.2) is 60.7 Å². The van der Waals surface area contributed by atoms with Crippen molar-refractivity contribution in [3.8, 4) is 11.8 Å². The van der Waals surface area contributed by atoms with Crippen LogP contribution in [-0.2, 0) is 24.0 Å². The Hall–Kier alpha value is -3.69. The highest BCUT2D eigenvalue weighted by Gasteiger charge is 2.13. The normalized spacial score (nSPS) is 10.9. The molecule has 0 saturated heterocycles. The quantitative estimate of drug-likeness (QED) is 0.166. The summed E-state index contributed by atoms with van der Waals surface area (Å²) in [6.45, 7) is 0.394. The van der Waals surface area contributed by atoms with Gasteiger partial charge in [0.05, 0.1) is 6.61 Å². The second-order valence-electron chi connectivity index (χ2n) is 8.15. The largest absolute Gasteiger partial charge is 0.384 e. The first-order valence-corrected chi connectivity index (χ1v) is 11.0. The predicted molar refractivity (Wildman–Crippen MR) is 126 cm³/mol. The first kappa shape index (κ1) is 24.4. The summed E-state index contributed by atoms with van der Waals surface area (Å²) in [6, 6.07) is 15.3. The molecule has 0 heterocycles. The summed E-state index contributed by atoms with van der Waals surface area (Å²) in [5.41, 5.74) is 2.73. The van der Waals surface area contributed by atoms with Gasteiger partial charge in [-0.2, -0.15) is 0 Å². The van der Waals surface area contributed by atoms with Crippen molar-refractivity contribution in [3.63, 3.8) is 0 Å². The maximum atomic E-state index is 14.4. The number of hydrogen-bond acceptors (Lipinski definition) is 1. The first-order chi connectivity index (χ1) is 16.9. The number of halogens is 5. The van der Waals surface area contributed by atoms with Crippen LogP contribution in [0.5, 0.6) is 0 Å². The highest BCUT2D eigenvalue weighted by molar-refractivity contribution is 5.84. The van der Waals surface area contributed by atoms with E-state index in [0.717, 1.165) is 11.6 Å². The Morgan fingerprint density at radius 3 is 1.97 bits per heavy atom. The van der Waals surface area contributed by atoms with E-state index in [1.165, 1.54) is 37.4 Å². The van der Waals surface area contributed by atoms with Crippen molar-refractivity contribution in [2.45, 2.75) is 19.3 Å². The molecule has 0 amide bonds. The summed E-state index contributed by atoms with van der Waals surface area (Å²) < 4.78 is 74.4. The van der Waals surface area contributed by atoms with Gasteiger partial charge >= 0.3 is 0 Å². The lowest BCUT2D eigenvalue weighted by Gasteiger charge is -2.08. The van der Waals surface area contributed by atoms with Gasteiger partial charge in [-0.1, -0.05) is 30.0 Å². The Balaban J connectivity index is 1.44. The molecule has 1 nitrogen and oxygen atoms in total. The van der Waals surface area contributed by atoms with Crippen LogP contribution < -0.4 is 0 Å². The molecule has 6 heteroatoms. The van der Waals surface area contributed by atoms with Gasteiger partial charge in [-0.25, -0.2) is 22.0 Å². The number of methoxy groups -OCH3 is 1. The zero-order valence-electron chi connectivity index (χ0n) is 18.9. The Kier molecular flexibility index (Phi) is 7.48. The third kappa shape index (κ3) is 5.70. The van der Waals surface area contributed by atoms with Crippen LogP contribution in [0, 0.1) is 40.9 Å². The van der Waals surface area contributed by atoms with Crippen molar-refractivity contribution >= 4 is 10.8 Å². The summed E-state index contributed by atoms with van der Waals surface area (Å²) in [4.78, 5) is 0. The van der Waals surface area contributed by atoms with Crippen molar-refractivity contribution in [1.29, 1.82) is 0 Å². The second kappa shape index (κ2) is 10.7. The molecular formula is C29H21F5O. The Labute approximate surface area is 200 Å². The van der Waals surface area contributed by atoms with Gasteiger partial charge in [-0.3, -0.25) is 0 Å². The van der Waals surface area contributed by atoms with Crippen molar-refractivity contribution in [2.75, 3.05) is 13.7 Å². The minimum absolute atomic E-state index is 0.0173. The van der Waals surface area contributed by atoms with E-state index in [-0.39, 0.29) is 22.8 Å². The van der Waals surface area contributed by atoms with Gasteiger partial charge in [0.1, 0.15) is 11.6 Å². The molecule has 4 rings (SSSR count). The SMILES string of the molecule is COCCc1cc(F)c(CCc2ccc(C#Cc3ccc4c(F)c(F)c(F)cc4c3)cc2)c(F)c1. The average molecular weight is 480 g/mol. The molecule has 4 aromatic carbocycles. The van der Waals surface area contributed by atoms with Crippen LogP contribution in [0.1, 0.15) is 27.8 Å². The van der Waals surface area contributed by atoms with Gasteiger partial charge in [0, 0.05) is 29.2 Å². The zero-order valence-corrected chi connectivity index (χ0v) is 18.9. The molecular weight excluding hydrogens is 459 g/mol. The molecule has 178 valence electrons. The summed E-state index contributed by atoms with van der Waals surface area (Å²) >= 11 is 0. The van der Waals surface area contributed by atoms with E-state index in [1.807, 2.05) is 12.1 Å². The van der Waals surface area contributed by atoms with E-state index >= 15 is 0 Å². The monoisotopic (exact) mass is 480 g/mol. The summed E-state index contributed by atoms with van der Waals surface area (Å²) in [5, 5.41) is 0.200. The summed E-state index contributed by atoms with van der Waals surface area (Å²) in [6.07, 6.45) is 1.12. The van der Waals surface area contributed by atoms with Crippen molar-refractivity contribution in [3.05, 3.63) is 118 Å². The van der Waals surface area contributed by atoms with Crippen LogP contribution in [0.3, 0.4) is 0 Å². The lowest BCUT2D eigenvalue weighted by atomic mass is 10.0. The van der Waals surface area contributed by atoms with Gasteiger partial charge in [0.2, 0.25) is 0 Å². The fraction of sp³-hybridized carbons (Fsp3) is 0.172. The third-order valence-electron chi connectivity index (χ3n) is 5.74. The summed E-state index contributed by atoms with van der Waals surface area (Å²) in [5.74, 6) is 0.794. The molecule has 35 heavy (non-hydrogen) atoms. The van der Waals surface area contributed by atoms with Gasteiger partial charge in [-0.05, 0) is 78.2 Å². The molecule has 0 atom stereocenters. The molecule has 4 aromatic rings. The fourth-order valence-corrected chi connectivity index (χ4v) is 3.81. The number of rotatable bonds is 6. The molecule has 0 spiro atoms. The van der Waals surface area contributed by atoms with E-state index < -0.39 is 29.1 Å². The molecule has 0 N–H and O–H groups in total. The zero-order chi connectivity index (χ0) is 24.9. The molecule has 0 saturated carbocycles. The van der Waals surface area contributed by atoms with E-state index in [2.05, 4.69) is 11.8 Å². The lowest BCUT2D eigenvalue weighted by molar-refractivity contribution is 0.202. The minimum atomic E-state index is -1.50. The second-order valence-corrected chi connectivity index (χ2v) is 8.15. The van der Waals surface area contributed by atoms with Crippen LogP contribution >= 0.6 is 0 Å². The average Bonchev–Trinajstić information content (AvgIpc) is 2.85. The highest BCUT2D eigenvalue weighted by Crippen LogP contribution is 2.24. The van der Waals surface area contributed by atoms with Gasteiger partial charge in [0.25, 0.3) is 0 Å². The maximum Gasteiger partial charge on any atom is 0.195 e. The van der Waals surface area contributed by atoms with Crippen LogP contribution in [-0.4, -0.2) is 13.7 Å². The molecule has 0 fully saturated rings. The number of fused-ring (bicyclic) bond motifs is 1. The highest BCUT2D eigenvalue weighted by atomic mass is 19.2. The molecule has 0 aliphatic carbocycles. The smallest absolute Gasteiger partial charge is 0.195 e. The summed E-state index contributed by atoms with van der Waals surface area (Å²) in [7, 11) is 1.54. The van der Waals surface area contributed by atoms with E-state index in [4.69, 9.17) is 4.74 Å². The molecule has 0 aromatic heterocycles. The Morgan fingerprint density at radius 2 is 1.29 bits per heavy atom. The molecule has 0 aliphatic heterocycles. The fourth-order valence-electron chi connectivity index (χ4n) is 3.81. The lowest BCUT2D eigenvalue weighted by Crippen LogP contribution is -2.03. The van der Waals surface area contributed by atoms with Crippen LogP contribution in [0.4, 0.5) is 22.0 Å². The number of benzene rings is 4. The van der Waals surface area contributed by atoms with Gasteiger partial charge in [-0.15, -0.1) is 0 Å². The minimum Gasteiger partial charge on any atom is -0.384 e. The number of ether oxygens (including phenoxy) is 1. The number of aryl methyl sites for hydroxylation is 1. The molecule has 0 radical (unpaired) electrons. The molecule has 0 unspecified atom stereocenters. The molecule has 0 bridgehead atoms. The third-order valence-corrected chi connectivity index (χ3v) is 5.74. The predicted octanol–water partition coefficient (Wildman–Crippen LogP) is 6.91.